The number of aromatic nitrogens is 1. The van der Waals surface area contributed by atoms with Crippen LogP contribution in [0.3, 0.4) is 0 Å². The molecule has 6 heteroatoms. The molecule has 0 saturated carbocycles. The predicted octanol–water partition coefficient (Wildman–Crippen LogP) is 4.22. The van der Waals surface area contributed by atoms with E-state index in [0.717, 1.165) is 15.2 Å². The lowest BCUT2D eigenvalue weighted by molar-refractivity contribution is 0.253. The van der Waals surface area contributed by atoms with Crippen molar-refractivity contribution in [1.82, 2.24) is 4.98 Å². The second-order valence-electron chi connectivity index (χ2n) is 5.04. The van der Waals surface area contributed by atoms with Gasteiger partial charge >= 0.3 is 6.03 Å². The highest BCUT2D eigenvalue weighted by atomic mass is 79.9. The average molecular weight is 374 g/mol. The SMILES string of the molecule is NC(=O)N(Cc1cccc(F)c1)c1ccc(Br)c2cnccc12. The van der Waals surface area contributed by atoms with Crippen LogP contribution in [0, 0.1) is 5.82 Å². The average Bonchev–Trinajstić information content (AvgIpc) is 2.54. The van der Waals surface area contributed by atoms with Gasteiger partial charge in [-0.05, 0) is 35.9 Å². The van der Waals surface area contributed by atoms with E-state index in [2.05, 4.69) is 20.9 Å². The molecule has 0 radical (unpaired) electrons. The van der Waals surface area contributed by atoms with Crippen LogP contribution in [0.25, 0.3) is 10.8 Å². The van der Waals surface area contributed by atoms with Crippen LogP contribution in [0.1, 0.15) is 5.56 Å². The van der Waals surface area contributed by atoms with Gasteiger partial charge in [-0.15, -0.1) is 0 Å². The summed E-state index contributed by atoms with van der Waals surface area (Å²) in [6, 6.07) is 11.0. The Kier molecular flexibility index (Phi) is 4.25. The third-order valence-corrected chi connectivity index (χ3v) is 4.22. The topological polar surface area (TPSA) is 59.2 Å². The number of pyridine rings is 1. The second kappa shape index (κ2) is 6.34. The van der Waals surface area contributed by atoms with E-state index < -0.39 is 6.03 Å². The number of nitrogens with two attached hydrogens (primary N) is 1. The molecule has 0 atom stereocenters. The zero-order chi connectivity index (χ0) is 16.4. The van der Waals surface area contributed by atoms with E-state index in [-0.39, 0.29) is 12.4 Å². The number of halogens is 2. The number of amides is 2. The molecule has 2 aromatic carbocycles. The minimum atomic E-state index is -0.602. The largest absolute Gasteiger partial charge is 0.351 e. The summed E-state index contributed by atoms with van der Waals surface area (Å²) in [5, 5.41) is 1.71. The van der Waals surface area contributed by atoms with E-state index in [1.807, 2.05) is 12.1 Å². The molecule has 0 unspecified atom stereocenters. The molecule has 116 valence electrons. The Morgan fingerprint density at radius 1 is 1.22 bits per heavy atom. The van der Waals surface area contributed by atoms with Crippen LogP contribution in [0.2, 0.25) is 0 Å². The first-order chi connectivity index (χ1) is 11.1. The molecule has 2 N–H and O–H groups in total. The number of hydrogen-bond donors (Lipinski definition) is 1. The number of nitrogens with zero attached hydrogens (tertiary/aromatic N) is 2. The van der Waals surface area contributed by atoms with Crippen molar-refractivity contribution in [2.75, 3.05) is 4.90 Å². The van der Waals surface area contributed by atoms with Crippen molar-refractivity contribution in [2.24, 2.45) is 5.73 Å². The van der Waals surface area contributed by atoms with Crippen molar-refractivity contribution < 1.29 is 9.18 Å². The molecule has 3 aromatic rings. The highest BCUT2D eigenvalue weighted by Gasteiger charge is 2.17. The predicted molar refractivity (Wildman–Crippen MR) is 91.6 cm³/mol. The molecule has 0 aliphatic carbocycles. The van der Waals surface area contributed by atoms with Gasteiger partial charge in [0.15, 0.2) is 0 Å². The zero-order valence-electron chi connectivity index (χ0n) is 12.0. The smallest absolute Gasteiger partial charge is 0.319 e. The van der Waals surface area contributed by atoms with Gasteiger partial charge in [0.2, 0.25) is 0 Å². The molecular weight excluding hydrogens is 361 g/mol. The van der Waals surface area contributed by atoms with Crippen molar-refractivity contribution >= 4 is 38.4 Å². The molecule has 2 amide bonds. The summed E-state index contributed by atoms with van der Waals surface area (Å²) in [4.78, 5) is 17.5. The summed E-state index contributed by atoms with van der Waals surface area (Å²) >= 11 is 3.47. The monoisotopic (exact) mass is 373 g/mol. The number of fused-ring (bicyclic) bond motifs is 1. The summed E-state index contributed by atoms with van der Waals surface area (Å²) in [6.45, 7) is 0.187. The number of anilines is 1. The van der Waals surface area contributed by atoms with E-state index in [0.29, 0.717) is 11.3 Å². The van der Waals surface area contributed by atoms with Crippen LogP contribution >= 0.6 is 15.9 Å². The molecule has 0 fully saturated rings. The van der Waals surface area contributed by atoms with E-state index in [1.54, 1.807) is 30.6 Å². The summed E-state index contributed by atoms with van der Waals surface area (Å²) < 4.78 is 14.3. The molecule has 23 heavy (non-hydrogen) atoms. The molecule has 4 nitrogen and oxygen atoms in total. The fraction of sp³-hybridized carbons (Fsp3) is 0.0588. The highest BCUT2D eigenvalue weighted by Crippen LogP contribution is 2.32. The number of rotatable bonds is 3. The van der Waals surface area contributed by atoms with Crippen LogP contribution < -0.4 is 10.6 Å². The number of carbonyl (C=O) groups is 1. The molecule has 0 aliphatic heterocycles. The Labute approximate surface area is 140 Å². The third kappa shape index (κ3) is 3.17. The molecular formula is C17H13BrFN3O. The van der Waals surface area contributed by atoms with Gasteiger partial charge in [-0.3, -0.25) is 9.88 Å². The highest BCUT2D eigenvalue weighted by molar-refractivity contribution is 9.10. The van der Waals surface area contributed by atoms with E-state index >= 15 is 0 Å². The Balaban J connectivity index is 2.09. The van der Waals surface area contributed by atoms with Crippen molar-refractivity contribution in [3.05, 3.63) is 70.7 Å². The number of benzene rings is 2. The maximum Gasteiger partial charge on any atom is 0.319 e. The maximum absolute atomic E-state index is 13.4. The van der Waals surface area contributed by atoms with Crippen molar-refractivity contribution in [1.29, 1.82) is 0 Å². The fourth-order valence-corrected chi connectivity index (χ4v) is 2.92. The first kappa shape index (κ1) is 15.4. The Bertz CT molecular complexity index is 885. The van der Waals surface area contributed by atoms with Gasteiger partial charge in [-0.2, -0.15) is 0 Å². The van der Waals surface area contributed by atoms with E-state index in [1.165, 1.54) is 17.0 Å². The number of urea groups is 1. The van der Waals surface area contributed by atoms with Gasteiger partial charge in [0.1, 0.15) is 5.82 Å². The number of primary amides is 1. The minimum Gasteiger partial charge on any atom is -0.351 e. The van der Waals surface area contributed by atoms with Crippen LogP contribution in [0.15, 0.2) is 59.3 Å². The number of hydrogen-bond acceptors (Lipinski definition) is 2. The summed E-state index contributed by atoms with van der Waals surface area (Å²) in [5.41, 5.74) is 6.87. The first-order valence-corrected chi connectivity index (χ1v) is 7.69. The summed E-state index contributed by atoms with van der Waals surface area (Å²) in [5.74, 6) is -0.350. The quantitative estimate of drug-likeness (QED) is 0.746. The number of carbonyl (C=O) groups excluding carboxylic acids is 1. The van der Waals surface area contributed by atoms with Crippen molar-refractivity contribution in [3.8, 4) is 0 Å². The molecule has 1 aromatic heterocycles. The maximum atomic E-state index is 13.4. The van der Waals surface area contributed by atoms with Crippen molar-refractivity contribution in [3.63, 3.8) is 0 Å². The van der Waals surface area contributed by atoms with Gasteiger partial charge in [0.25, 0.3) is 0 Å². The molecule has 0 aliphatic rings. The van der Waals surface area contributed by atoms with Crippen LogP contribution in [-0.2, 0) is 6.54 Å². The molecule has 0 saturated heterocycles. The zero-order valence-corrected chi connectivity index (χ0v) is 13.6. The van der Waals surface area contributed by atoms with Gasteiger partial charge in [0.05, 0.1) is 12.2 Å². The molecule has 0 spiro atoms. The Hall–Kier alpha value is -2.47. The lowest BCUT2D eigenvalue weighted by Crippen LogP contribution is -2.35. The minimum absolute atomic E-state index is 0.187. The second-order valence-corrected chi connectivity index (χ2v) is 5.90. The Morgan fingerprint density at radius 3 is 2.78 bits per heavy atom. The Morgan fingerprint density at radius 2 is 2.04 bits per heavy atom. The lowest BCUT2D eigenvalue weighted by Gasteiger charge is -2.22. The fourth-order valence-electron chi connectivity index (χ4n) is 2.47. The molecule has 0 bridgehead atoms. The van der Waals surface area contributed by atoms with Crippen molar-refractivity contribution in [2.45, 2.75) is 6.54 Å². The molecule has 1 heterocycles. The summed E-state index contributed by atoms with van der Waals surface area (Å²) in [6.07, 6.45) is 3.36. The lowest BCUT2D eigenvalue weighted by atomic mass is 10.1. The van der Waals surface area contributed by atoms with Crippen LogP contribution in [-0.4, -0.2) is 11.0 Å². The molecule has 3 rings (SSSR count). The van der Waals surface area contributed by atoms with E-state index in [4.69, 9.17) is 5.73 Å². The van der Waals surface area contributed by atoms with E-state index in [9.17, 15) is 9.18 Å². The first-order valence-electron chi connectivity index (χ1n) is 6.90. The standard InChI is InChI=1S/C17H13BrFN3O/c18-15-4-5-16(13-6-7-21-9-14(13)15)22(17(20)23)10-11-2-1-3-12(19)8-11/h1-9H,10H2,(H2,20,23). The van der Waals surface area contributed by atoms with Crippen LogP contribution in [0.5, 0.6) is 0 Å². The van der Waals surface area contributed by atoms with Gasteiger partial charge in [-0.1, -0.05) is 28.1 Å². The normalized spacial score (nSPS) is 10.7. The van der Waals surface area contributed by atoms with Gasteiger partial charge in [-0.25, -0.2) is 9.18 Å². The third-order valence-electron chi connectivity index (χ3n) is 3.53. The van der Waals surface area contributed by atoms with Crippen LogP contribution in [0.4, 0.5) is 14.9 Å². The van der Waals surface area contributed by atoms with Gasteiger partial charge in [0, 0.05) is 27.6 Å². The van der Waals surface area contributed by atoms with Gasteiger partial charge < -0.3 is 5.73 Å². The summed E-state index contributed by atoms with van der Waals surface area (Å²) in [7, 11) is 0.